The Morgan fingerprint density at radius 1 is 1.09 bits per heavy atom. The predicted molar refractivity (Wildman–Crippen MR) is 50.1 cm³/mol. The fourth-order valence-electron chi connectivity index (χ4n) is 0.652. The molecular weight excluding hydrogens is 160 g/mol. The number of rotatable bonds is 7. The summed E-state index contributed by atoms with van der Waals surface area (Å²) >= 11 is 4.11. The van der Waals surface area contributed by atoms with Crippen LogP contribution in [0.1, 0.15) is 26.7 Å². The largest absolute Gasteiger partial charge is 0.352 e. The normalized spacial score (nSPS) is 10.9. The second-order valence-electron chi connectivity index (χ2n) is 2.35. The SMILES string of the molecule is CCCOC(CS)OCCC. The van der Waals surface area contributed by atoms with E-state index in [4.69, 9.17) is 9.47 Å². The Kier molecular flexibility index (Phi) is 8.57. The first-order valence-electron chi connectivity index (χ1n) is 4.19. The van der Waals surface area contributed by atoms with Crippen molar-refractivity contribution >= 4 is 12.6 Å². The van der Waals surface area contributed by atoms with Gasteiger partial charge in [0.05, 0.1) is 0 Å². The Bertz CT molecular complexity index is 70.5. The molecule has 2 nitrogen and oxygen atoms in total. The molecule has 0 aliphatic carbocycles. The van der Waals surface area contributed by atoms with Gasteiger partial charge in [-0.15, -0.1) is 0 Å². The Labute approximate surface area is 74.7 Å². The minimum absolute atomic E-state index is 0.113. The zero-order chi connectivity index (χ0) is 8.53. The molecule has 0 atom stereocenters. The maximum Gasteiger partial charge on any atom is 0.166 e. The molecule has 0 saturated heterocycles. The van der Waals surface area contributed by atoms with E-state index < -0.39 is 0 Å². The second-order valence-corrected chi connectivity index (χ2v) is 2.72. The summed E-state index contributed by atoms with van der Waals surface area (Å²) in [7, 11) is 0. The predicted octanol–water partition coefficient (Wildman–Crippen LogP) is 2.10. The molecule has 0 radical (unpaired) electrons. The summed E-state index contributed by atoms with van der Waals surface area (Å²) in [6, 6.07) is 0. The molecule has 68 valence electrons. The second kappa shape index (κ2) is 8.37. The van der Waals surface area contributed by atoms with Crippen molar-refractivity contribution in [2.45, 2.75) is 33.0 Å². The summed E-state index contributed by atoms with van der Waals surface area (Å²) in [5.74, 6) is 0.639. The van der Waals surface area contributed by atoms with Crippen LogP contribution in [0, 0.1) is 0 Å². The first-order chi connectivity index (χ1) is 5.35. The third-order valence-electron chi connectivity index (χ3n) is 1.16. The smallest absolute Gasteiger partial charge is 0.166 e. The maximum atomic E-state index is 5.34. The van der Waals surface area contributed by atoms with Gasteiger partial charge in [0.25, 0.3) is 0 Å². The topological polar surface area (TPSA) is 18.5 Å². The molecule has 0 aliphatic heterocycles. The summed E-state index contributed by atoms with van der Waals surface area (Å²) in [4.78, 5) is 0. The molecule has 0 aliphatic rings. The molecule has 0 heterocycles. The average Bonchev–Trinajstić information content (AvgIpc) is 2.05. The van der Waals surface area contributed by atoms with Crippen molar-refractivity contribution in [3.05, 3.63) is 0 Å². The molecule has 0 spiro atoms. The maximum absolute atomic E-state index is 5.34. The molecule has 0 amide bonds. The molecule has 0 rings (SSSR count). The Morgan fingerprint density at radius 2 is 1.55 bits per heavy atom. The quantitative estimate of drug-likeness (QED) is 0.475. The number of thiol groups is 1. The van der Waals surface area contributed by atoms with Crippen LogP contribution < -0.4 is 0 Å². The lowest BCUT2D eigenvalue weighted by Crippen LogP contribution is -2.20. The Balaban J connectivity index is 3.25. The highest BCUT2D eigenvalue weighted by Crippen LogP contribution is 1.99. The molecule has 3 heteroatoms. The molecule has 0 fully saturated rings. The van der Waals surface area contributed by atoms with Gasteiger partial charge < -0.3 is 9.47 Å². The van der Waals surface area contributed by atoms with Crippen LogP contribution in [0.25, 0.3) is 0 Å². The van der Waals surface area contributed by atoms with Crippen LogP contribution in [0.5, 0.6) is 0 Å². The number of hydrogen-bond acceptors (Lipinski definition) is 3. The lowest BCUT2D eigenvalue weighted by Gasteiger charge is -2.15. The van der Waals surface area contributed by atoms with Crippen molar-refractivity contribution < 1.29 is 9.47 Å². The molecule has 0 unspecified atom stereocenters. The van der Waals surface area contributed by atoms with E-state index >= 15 is 0 Å². The van der Waals surface area contributed by atoms with E-state index in [1.807, 2.05) is 0 Å². The number of ether oxygens (including phenoxy) is 2. The number of hydrogen-bond donors (Lipinski definition) is 1. The van der Waals surface area contributed by atoms with Crippen LogP contribution >= 0.6 is 12.6 Å². The van der Waals surface area contributed by atoms with Gasteiger partial charge >= 0.3 is 0 Å². The Morgan fingerprint density at radius 3 is 1.82 bits per heavy atom. The summed E-state index contributed by atoms with van der Waals surface area (Å²) in [6.45, 7) is 5.68. The first kappa shape index (κ1) is 11.3. The zero-order valence-electron chi connectivity index (χ0n) is 7.38. The van der Waals surface area contributed by atoms with E-state index in [0.29, 0.717) is 5.75 Å². The van der Waals surface area contributed by atoms with Gasteiger partial charge in [0.2, 0.25) is 0 Å². The average molecular weight is 178 g/mol. The summed E-state index contributed by atoms with van der Waals surface area (Å²) in [5, 5.41) is 0. The third kappa shape index (κ3) is 6.66. The molecule has 0 saturated carbocycles. The van der Waals surface area contributed by atoms with Gasteiger partial charge in [0.1, 0.15) is 0 Å². The standard InChI is InChI=1S/C8H18O2S/c1-3-5-9-8(7-11)10-6-4-2/h8,11H,3-7H2,1-2H3. The molecule has 0 aromatic heterocycles. The fraction of sp³-hybridized carbons (Fsp3) is 1.00. The van der Waals surface area contributed by atoms with Crippen molar-refractivity contribution in [1.29, 1.82) is 0 Å². The van der Waals surface area contributed by atoms with Crippen LogP contribution in [-0.2, 0) is 9.47 Å². The van der Waals surface area contributed by atoms with Crippen molar-refractivity contribution in [2.75, 3.05) is 19.0 Å². The van der Waals surface area contributed by atoms with E-state index in [1.54, 1.807) is 0 Å². The van der Waals surface area contributed by atoms with E-state index in [2.05, 4.69) is 26.5 Å². The van der Waals surface area contributed by atoms with Crippen LogP contribution in [0.15, 0.2) is 0 Å². The van der Waals surface area contributed by atoms with Crippen LogP contribution in [0.4, 0.5) is 0 Å². The third-order valence-corrected chi connectivity index (χ3v) is 1.46. The van der Waals surface area contributed by atoms with Gasteiger partial charge in [0, 0.05) is 19.0 Å². The van der Waals surface area contributed by atoms with Gasteiger partial charge in [-0.1, -0.05) is 13.8 Å². The highest BCUT2D eigenvalue weighted by Gasteiger charge is 2.04. The van der Waals surface area contributed by atoms with Gasteiger partial charge in [-0.05, 0) is 12.8 Å². The van der Waals surface area contributed by atoms with Gasteiger partial charge in [-0.25, -0.2) is 0 Å². The molecule has 0 bridgehead atoms. The van der Waals surface area contributed by atoms with E-state index in [1.165, 1.54) is 0 Å². The van der Waals surface area contributed by atoms with Crippen LogP contribution in [-0.4, -0.2) is 25.3 Å². The lowest BCUT2D eigenvalue weighted by atomic mass is 10.5. The van der Waals surface area contributed by atoms with Crippen molar-refractivity contribution in [2.24, 2.45) is 0 Å². The summed E-state index contributed by atoms with van der Waals surface area (Å²) < 4.78 is 10.7. The van der Waals surface area contributed by atoms with Crippen molar-refractivity contribution in [3.63, 3.8) is 0 Å². The molecular formula is C8H18O2S. The zero-order valence-corrected chi connectivity index (χ0v) is 8.27. The highest BCUT2D eigenvalue weighted by atomic mass is 32.1. The van der Waals surface area contributed by atoms with E-state index in [9.17, 15) is 0 Å². The van der Waals surface area contributed by atoms with Crippen LogP contribution in [0.2, 0.25) is 0 Å². The van der Waals surface area contributed by atoms with Gasteiger partial charge in [-0.2, -0.15) is 12.6 Å². The minimum atomic E-state index is -0.113. The summed E-state index contributed by atoms with van der Waals surface area (Å²) in [5.41, 5.74) is 0. The first-order valence-corrected chi connectivity index (χ1v) is 4.82. The van der Waals surface area contributed by atoms with Crippen molar-refractivity contribution in [3.8, 4) is 0 Å². The fourth-order valence-corrected chi connectivity index (χ4v) is 0.863. The minimum Gasteiger partial charge on any atom is -0.352 e. The molecule has 0 N–H and O–H groups in total. The molecule has 11 heavy (non-hydrogen) atoms. The van der Waals surface area contributed by atoms with E-state index in [0.717, 1.165) is 26.1 Å². The Hall–Kier alpha value is 0.270. The molecule has 0 aromatic rings. The summed E-state index contributed by atoms with van der Waals surface area (Å²) in [6.07, 6.45) is 1.94. The van der Waals surface area contributed by atoms with Gasteiger partial charge in [0.15, 0.2) is 6.29 Å². The molecule has 0 aromatic carbocycles. The monoisotopic (exact) mass is 178 g/mol. The lowest BCUT2D eigenvalue weighted by molar-refractivity contribution is -0.126. The van der Waals surface area contributed by atoms with Crippen LogP contribution in [0.3, 0.4) is 0 Å². The van der Waals surface area contributed by atoms with E-state index in [-0.39, 0.29) is 6.29 Å². The van der Waals surface area contributed by atoms with Crippen molar-refractivity contribution in [1.82, 2.24) is 0 Å². The highest BCUT2D eigenvalue weighted by molar-refractivity contribution is 7.80. The van der Waals surface area contributed by atoms with Gasteiger partial charge in [-0.3, -0.25) is 0 Å².